The summed E-state index contributed by atoms with van der Waals surface area (Å²) in [6.45, 7) is 3.63. The first-order valence-electron chi connectivity index (χ1n) is 6.69. The molecule has 0 heterocycles. The lowest BCUT2D eigenvalue weighted by Gasteiger charge is -2.16. The van der Waals surface area contributed by atoms with Gasteiger partial charge in [-0.2, -0.15) is 0 Å². The number of esters is 2. The molecule has 118 valence electrons. The van der Waals surface area contributed by atoms with Crippen molar-refractivity contribution in [2.75, 3.05) is 14.2 Å². The lowest BCUT2D eigenvalue weighted by Crippen LogP contribution is -2.41. The van der Waals surface area contributed by atoms with Crippen molar-refractivity contribution in [3.8, 4) is 0 Å². The monoisotopic (exact) mass is 305 g/mol. The smallest absolute Gasteiger partial charge is 0.328 e. The van der Waals surface area contributed by atoms with Crippen LogP contribution in [-0.2, 0) is 19.1 Å². The third kappa shape index (κ3) is 5.05. The Morgan fingerprint density at radius 3 is 2.32 bits per heavy atom. The molecule has 22 heavy (non-hydrogen) atoms. The molecule has 1 aromatic rings. The highest BCUT2D eigenvalue weighted by atomic mass is 16.5. The van der Waals surface area contributed by atoms with E-state index in [4.69, 9.17) is 0 Å². The van der Waals surface area contributed by atoms with Gasteiger partial charge in [0.15, 0.2) is 0 Å². The molecule has 0 unspecified atom stereocenters. The van der Waals surface area contributed by atoms with Crippen LogP contribution in [-0.4, -0.2) is 38.1 Å². The quantitative estimate of drug-likeness (QED) is 0.773. The maximum absolute atomic E-state index is 12.1. The summed E-state index contributed by atoms with van der Waals surface area (Å²) in [6, 6.07) is 5.82. The summed E-state index contributed by atoms with van der Waals surface area (Å²) in [6.07, 6.45) is 1.77. The molecule has 1 aromatic carbocycles. The molecule has 0 aliphatic rings. The normalized spacial score (nSPS) is 11.2. The van der Waals surface area contributed by atoms with Gasteiger partial charge >= 0.3 is 11.9 Å². The summed E-state index contributed by atoms with van der Waals surface area (Å²) in [5, 5.41) is 2.55. The Kier molecular flexibility index (Phi) is 6.82. The lowest BCUT2D eigenvalue weighted by atomic mass is 10.1. The van der Waals surface area contributed by atoms with E-state index in [9.17, 15) is 14.4 Å². The molecule has 1 rings (SSSR count). The number of methoxy groups -OCH3 is 2. The molecule has 1 amide bonds. The first kappa shape index (κ1) is 17.4. The molecule has 1 atom stereocenters. The highest BCUT2D eigenvalue weighted by Crippen LogP contribution is 2.07. The van der Waals surface area contributed by atoms with E-state index in [0.717, 1.165) is 5.56 Å². The molecule has 1 N–H and O–H groups in total. The molecule has 0 aliphatic heterocycles. The lowest BCUT2D eigenvalue weighted by molar-refractivity contribution is -0.144. The summed E-state index contributed by atoms with van der Waals surface area (Å²) in [5.74, 6) is -1.49. The Labute approximate surface area is 129 Å². The number of hydrogen-bond donors (Lipinski definition) is 1. The van der Waals surface area contributed by atoms with Crippen molar-refractivity contribution < 1.29 is 23.9 Å². The van der Waals surface area contributed by atoms with Crippen molar-refractivity contribution in [3.05, 3.63) is 42.0 Å². The third-order valence-corrected chi connectivity index (χ3v) is 3.06. The summed E-state index contributed by atoms with van der Waals surface area (Å²) in [4.78, 5) is 35.0. The zero-order valence-electron chi connectivity index (χ0n) is 12.6. The number of ether oxygens (including phenoxy) is 2. The van der Waals surface area contributed by atoms with Gasteiger partial charge in [-0.1, -0.05) is 24.8 Å². The zero-order valence-corrected chi connectivity index (χ0v) is 12.6. The van der Waals surface area contributed by atoms with Crippen LogP contribution in [0.1, 0.15) is 28.8 Å². The Morgan fingerprint density at radius 1 is 1.18 bits per heavy atom. The third-order valence-electron chi connectivity index (χ3n) is 3.06. The van der Waals surface area contributed by atoms with Crippen LogP contribution in [0.2, 0.25) is 0 Å². The number of rotatable bonds is 7. The molecule has 0 aliphatic carbocycles. The Balaban J connectivity index is 2.74. The number of benzene rings is 1. The molecule has 6 heteroatoms. The molecule has 0 fully saturated rings. The minimum Gasteiger partial charge on any atom is -0.469 e. The fourth-order valence-electron chi connectivity index (χ4n) is 1.77. The SMILES string of the molecule is C=Cc1ccc(C(=O)N[C@@H](CCC(=O)OC)C(=O)OC)cc1. The highest BCUT2D eigenvalue weighted by molar-refractivity contribution is 5.97. The summed E-state index contributed by atoms with van der Waals surface area (Å²) in [7, 11) is 2.48. The molecular weight excluding hydrogens is 286 g/mol. The van der Waals surface area contributed by atoms with Gasteiger partial charge in [0, 0.05) is 12.0 Å². The second-order valence-corrected chi connectivity index (χ2v) is 4.49. The molecule has 0 saturated heterocycles. The van der Waals surface area contributed by atoms with Crippen LogP contribution in [0.4, 0.5) is 0 Å². The molecule has 0 radical (unpaired) electrons. The minimum absolute atomic E-state index is 0.00590. The van der Waals surface area contributed by atoms with Crippen molar-refractivity contribution in [3.63, 3.8) is 0 Å². The van der Waals surface area contributed by atoms with Crippen LogP contribution in [0.3, 0.4) is 0 Å². The summed E-state index contributed by atoms with van der Waals surface area (Å²) < 4.78 is 9.15. The number of nitrogens with one attached hydrogen (secondary N) is 1. The van der Waals surface area contributed by atoms with Gasteiger partial charge < -0.3 is 14.8 Å². The van der Waals surface area contributed by atoms with Crippen molar-refractivity contribution in [2.24, 2.45) is 0 Å². The number of carbonyl (C=O) groups excluding carboxylic acids is 3. The van der Waals surface area contributed by atoms with E-state index < -0.39 is 23.9 Å². The van der Waals surface area contributed by atoms with Gasteiger partial charge in [-0.3, -0.25) is 9.59 Å². The van der Waals surface area contributed by atoms with E-state index in [1.54, 1.807) is 30.3 Å². The van der Waals surface area contributed by atoms with Crippen molar-refractivity contribution in [1.82, 2.24) is 5.32 Å². The fraction of sp³-hybridized carbons (Fsp3) is 0.312. The molecule has 6 nitrogen and oxygen atoms in total. The van der Waals surface area contributed by atoms with Crippen molar-refractivity contribution in [1.29, 1.82) is 0 Å². The summed E-state index contributed by atoms with van der Waals surface area (Å²) in [5.41, 5.74) is 1.28. The molecule has 0 saturated carbocycles. The van der Waals surface area contributed by atoms with Crippen LogP contribution in [0.15, 0.2) is 30.8 Å². The Morgan fingerprint density at radius 2 is 1.82 bits per heavy atom. The highest BCUT2D eigenvalue weighted by Gasteiger charge is 2.23. The van der Waals surface area contributed by atoms with Gasteiger partial charge in [-0.15, -0.1) is 0 Å². The van der Waals surface area contributed by atoms with Gasteiger partial charge in [0.1, 0.15) is 6.04 Å². The first-order chi connectivity index (χ1) is 10.5. The largest absolute Gasteiger partial charge is 0.469 e. The van der Waals surface area contributed by atoms with Crippen LogP contribution in [0.25, 0.3) is 6.08 Å². The number of carbonyl (C=O) groups is 3. The Hall–Kier alpha value is -2.63. The molecule has 0 bridgehead atoms. The maximum atomic E-state index is 12.1. The Bertz CT molecular complexity index is 550. The predicted octanol–water partition coefficient (Wildman–Crippen LogP) is 1.55. The van der Waals surface area contributed by atoms with Crippen molar-refractivity contribution >= 4 is 23.9 Å². The van der Waals surface area contributed by atoms with Gasteiger partial charge in [0.25, 0.3) is 5.91 Å². The van der Waals surface area contributed by atoms with Crippen LogP contribution < -0.4 is 5.32 Å². The van der Waals surface area contributed by atoms with E-state index in [-0.39, 0.29) is 12.8 Å². The average Bonchev–Trinajstić information content (AvgIpc) is 2.57. The van der Waals surface area contributed by atoms with Crippen LogP contribution in [0, 0.1) is 0 Å². The molecule has 0 aromatic heterocycles. The van der Waals surface area contributed by atoms with Gasteiger partial charge in [0.05, 0.1) is 14.2 Å². The summed E-state index contributed by atoms with van der Waals surface area (Å²) >= 11 is 0. The van der Waals surface area contributed by atoms with E-state index in [1.165, 1.54) is 14.2 Å². The topological polar surface area (TPSA) is 81.7 Å². The van der Waals surface area contributed by atoms with Gasteiger partial charge in [-0.25, -0.2) is 4.79 Å². The second-order valence-electron chi connectivity index (χ2n) is 4.49. The van der Waals surface area contributed by atoms with Crippen LogP contribution >= 0.6 is 0 Å². The minimum atomic E-state index is -0.907. The van der Waals surface area contributed by atoms with Crippen molar-refractivity contribution in [2.45, 2.75) is 18.9 Å². The van der Waals surface area contributed by atoms with Gasteiger partial charge in [-0.05, 0) is 24.1 Å². The first-order valence-corrected chi connectivity index (χ1v) is 6.69. The van der Waals surface area contributed by atoms with E-state index >= 15 is 0 Å². The number of hydrogen-bond acceptors (Lipinski definition) is 5. The second kappa shape index (κ2) is 8.61. The van der Waals surface area contributed by atoms with Gasteiger partial charge in [0.2, 0.25) is 0 Å². The van der Waals surface area contributed by atoms with E-state index in [0.29, 0.717) is 5.56 Å². The van der Waals surface area contributed by atoms with E-state index in [2.05, 4.69) is 21.4 Å². The predicted molar refractivity (Wildman–Crippen MR) is 81.1 cm³/mol. The van der Waals surface area contributed by atoms with E-state index in [1.807, 2.05) is 0 Å². The average molecular weight is 305 g/mol. The standard InChI is InChI=1S/C16H19NO5/c1-4-11-5-7-12(8-6-11)15(19)17-13(16(20)22-3)9-10-14(18)21-2/h4-8,13H,1,9-10H2,2-3H3,(H,17,19)/t13-/m0/s1. The molecule has 0 spiro atoms. The fourth-order valence-corrected chi connectivity index (χ4v) is 1.77. The molecular formula is C16H19NO5. The maximum Gasteiger partial charge on any atom is 0.328 e. The zero-order chi connectivity index (χ0) is 16.5. The number of amides is 1. The van der Waals surface area contributed by atoms with Crippen LogP contribution in [0.5, 0.6) is 0 Å².